The normalized spacial score (nSPS) is 19.8. The lowest BCUT2D eigenvalue weighted by Crippen LogP contribution is -2.49. The zero-order valence-electron chi connectivity index (χ0n) is 85.1. The third-order valence-corrected chi connectivity index (χ3v) is 27.1. The van der Waals surface area contributed by atoms with Gasteiger partial charge in [-0.1, -0.05) is 132 Å². The Morgan fingerprint density at radius 2 is 0.758 bits per heavy atom. The molecule has 6 aliphatic rings. The third kappa shape index (κ3) is 36.6. The highest BCUT2D eigenvalue weighted by atomic mass is 16.5. The summed E-state index contributed by atoms with van der Waals surface area (Å²) in [5.41, 5.74) is 14.6. The van der Waals surface area contributed by atoms with Crippen molar-refractivity contribution in [3.8, 4) is 11.8 Å². The molecule has 9 heterocycles. The number of aromatic nitrogens is 10. The number of amides is 4. The van der Waals surface area contributed by atoms with E-state index in [1.807, 2.05) is 53.0 Å². The molecule has 0 bridgehead atoms. The lowest BCUT2D eigenvalue weighted by Gasteiger charge is -2.38. The van der Waals surface area contributed by atoms with E-state index in [9.17, 15) is 19.2 Å². The first kappa shape index (κ1) is 107. The van der Waals surface area contributed by atoms with Crippen LogP contribution < -0.4 is 14.8 Å². The van der Waals surface area contributed by atoms with Gasteiger partial charge in [0.05, 0.1) is 19.0 Å². The minimum absolute atomic E-state index is 0.0648. The number of likely N-dealkylation sites (tertiary alicyclic amines) is 3. The number of ether oxygens (including phenoxy) is 2. The molecule has 128 heavy (non-hydrogen) atoms. The van der Waals surface area contributed by atoms with Crippen molar-refractivity contribution in [3.05, 3.63) is 142 Å². The molecule has 0 aromatic carbocycles. The standard InChI is InChI=1S/C21H35N3O2.C18H29N3O.C18H31N3.C18H28N2O2.C16H27N3.C14H21N3O/c1-16(25)24-9-7-17(8-10-24)13-19-14-18(21(2,3)4)15-20(22-19)26-12-11-23(5)6;1-13(22)21(5)16-8-6-14(7-9-16)10-15-11-17(18(2,3)4)20-12-19-15;1-6-21(5)16-9-7-14(8-10-16)11-15-12-17(18(2,3)4)20-13-19-15;1-13(21)20-8-6-14(7-9-20)10-16-11-15(18(2,3)4)12-17(19-16)22-5;1-16(2,3)15-10-14(18-11-19-15)9-12-5-7-13(17-4)8-6-12;1-10(18)17-8-11(9-17)5-13-6-12(7-15-16-13)14(2,3)4/h14-15,17H,7-13H2,1-6H3;11-12,14,16H,6-10H2,1-5H3;12-14,16H,6-11H2,1-5H3;11-12,14H,6-10H2,1-5H3;10-13,17H,5-9H2,1-4H3;6-7,11H,5,8-9H2,1-4H3. The molecule has 712 valence electrons. The molecule has 0 radical (unpaired) electrons. The van der Waals surface area contributed by atoms with Crippen molar-refractivity contribution in [1.29, 1.82) is 0 Å². The number of carbonyl (C=O) groups excluding carboxylic acids is 4. The zero-order valence-corrected chi connectivity index (χ0v) is 85.1. The third-order valence-electron chi connectivity index (χ3n) is 27.1. The van der Waals surface area contributed by atoms with Crippen LogP contribution in [0.3, 0.4) is 0 Å². The number of pyridine rings is 2. The largest absolute Gasteiger partial charge is 0.481 e. The summed E-state index contributed by atoms with van der Waals surface area (Å²) in [6, 6.07) is 19.2. The lowest BCUT2D eigenvalue weighted by atomic mass is 9.82. The second-order valence-electron chi connectivity index (χ2n) is 44.3. The van der Waals surface area contributed by atoms with E-state index in [-0.39, 0.29) is 56.1 Å². The number of nitrogens with one attached hydrogen (secondary N) is 1. The molecule has 3 saturated heterocycles. The highest BCUT2D eigenvalue weighted by molar-refractivity contribution is 5.74. The van der Waals surface area contributed by atoms with Crippen LogP contribution in [0.15, 0.2) is 73.7 Å². The molecule has 4 amide bonds. The van der Waals surface area contributed by atoms with Crippen molar-refractivity contribution < 1.29 is 28.7 Å². The summed E-state index contributed by atoms with van der Waals surface area (Å²) in [5, 5.41) is 11.7. The number of nitrogens with zero attached hydrogens (tertiary/aromatic N) is 16. The highest BCUT2D eigenvalue weighted by Gasteiger charge is 2.33. The lowest BCUT2D eigenvalue weighted by molar-refractivity contribution is -0.135. The molecular weight excluding hydrogens is 1600 g/mol. The van der Waals surface area contributed by atoms with Gasteiger partial charge in [0.1, 0.15) is 25.6 Å². The van der Waals surface area contributed by atoms with Crippen molar-refractivity contribution in [2.75, 3.05) is 101 Å². The van der Waals surface area contributed by atoms with Gasteiger partial charge in [-0.05, 0) is 281 Å². The number of hydrogen-bond acceptors (Lipinski definition) is 19. The van der Waals surface area contributed by atoms with Gasteiger partial charge in [-0.3, -0.25) is 19.2 Å². The molecule has 3 aliphatic carbocycles. The van der Waals surface area contributed by atoms with Crippen LogP contribution in [-0.4, -0.2) is 223 Å². The van der Waals surface area contributed by atoms with Gasteiger partial charge in [0.15, 0.2) is 0 Å². The molecule has 3 saturated carbocycles. The number of carbonyl (C=O) groups is 4. The summed E-state index contributed by atoms with van der Waals surface area (Å²) in [7, 11) is 12.0. The van der Waals surface area contributed by atoms with E-state index in [0.717, 1.165) is 199 Å². The van der Waals surface area contributed by atoms with Gasteiger partial charge in [-0.15, -0.1) is 0 Å². The average Bonchev–Trinajstić information content (AvgIpc) is 0.824. The van der Waals surface area contributed by atoms with Crippen LogP contribution in [0.25, 0.3) is 0 Å². The molecule has 12 rings (SSSR count). The van der Waals surface area contributed by atoms with Crippen LogP contribution in [0, 0.1) is 35.5 Å². The number of piperidine rings is 2. The Labute approximate surface area is 774 Å². The number of hydrogen-bond donors (Lipinski definition) is 1. The molecule has 0 spiro atoms. The summed E-state index contributed by atoms with van der Waals surface area (Å²) >= 11 is 0. The minimum atomic E-state index is 0.0648. The molecule has 6 fully saturated rings. The van der Waals surface area contributed by atoms with Crippen molar-refractivity contribution in [3.63, 3.8) is 0 Å². The summed E-state index contributed by atoms with van der Waals surface area (Å²) in [6.45, 7) is 56.3. The first-order chi connectivity index (χ1) is 60.0. The molecule has 6 aromatic rings. The predicted octanol–water partition coefficient (Wildman–Crippen LogP) is 18.4. The van der Waals surface area contributed by atoms with Crippen LogP contribution in [0.5, 0.6) is 11.8 Å². The summed E-state index contributed by atoms with van der Waals surface area (Å²) in [5.74, 6) is 6.15. The van der Waals surface area contributed by atoms with E-state index >= 15 is 0 Å². The van der Waals surface area contributed by atoms with Crippen molar-refractivity contribution in [2.24, 2.45) is 35.5 Å². The van der Waals surface area contributed by atoms with Gasteiger partial charge in [0.2, 0.25) is 35.4 Å². The van der Waals surface area contributed by atoms with Crippen molar-refractivity contribution >= 4 is 23.6 Å². The van der Waals surface area contributed by atoms with Crippen LogP contribution in [0.2, 0.25) is 0 Å². The summed E-state index contributed by atoms with van der Waals surface area (Å²) in [4.78, 5) is 93.8. The van der Waals surface area contributed by atoms with Gasteiger partial charge in [0, 0.05) is 173 Å². The zero-order chi connectivity index (χ0) is 94.7. The first-order valence-corrected chi connectivity index (χ1v) is 48.4. The van der Waals surface area contributed by atoms with E-state index in [4.69, 9.17) is 14.5 Å². The minimum Gasteiger partial charge on any atom is -0.481 e. The van der Waals surface area contributed by atoms with Crippen molar-refractivity contribution in [2.45, 2.75) is 351 Å². The van der Waals surface area contributed by atoms with E-state index in [2.05, 4.69) is 248 Å². The topological polar surface area (TPSA) is 247 Å². The fourth-order valence-corrected chi connectivity index (χ4v) is 17.7. The number of rotatable bonds is 21. The van der Waals surface area contributed by atoms with E-state index in [1.165, 1.54) is 92.3 Å². The molecule has 6 aromatic heterocycles. The monoisotopic (exact) mass is 1770 g/mol. The quantitative estimate of drug-likeness (QED) is 0.0703. The average molecular weight is 1770 g/mol. The predicted molar refractivity (Wildman–Crippen MR) is 520 cm³/mol. The molecule has 1 N–H and O–H groups in total. The fraction of sp³-hybridized carbons (Fsp3) is 0.714. The Morgan fingerprint density at radius 1 is 0.406 bits per heavy atom. The smallest absolute Gasteiger partial charge is 0.219 e. The molecule has 0 atom stereocenters. The maximum absolute atomic E-state index is 11.5. The Balaban J connectivity index is 0.000000211. The maximum Gasteiger partial charge on any atom is 0.219 e. The maximum atomic E-state index is 11.5. The van der Waals surface area contributed by atoms with Gasteiger partial charge in [0.25, 0.3) is 0 Å². The number of methoxy groups -OCH3 is 1. The Kier molecular flexibility index (Phi) is 41.4. The second-order valence-corrected chi connectivity index (χ2v) is 44.3. The van der Waals surface area contributed by atoms with Crippen LogP contribution >= 0.6 is 0 Å². The van der Waals surface area contributed by atoms with Gasteiger partial charge in [-0.25, -0.2) is 39.9 Å². The molecule has 0 unspecified atom stereocenters. The van der Waals surface area contributed by atoms with Crippen LogP contribution in [-0.2, 0) is 90.2 Å². The van der Waals surface area contributed by atoms with Crippen LogP contribution in [0.4, 0.5) is 0 Å². The van der Waals surface area contributed by atoms with Gasteiger partial charge >= 0.3 is 0 Å². The summed E-state index contributed by atoms with van der Waals surface area (Å²) in [6.07, 6.45) is 32.5. The Morgan fingerprint density at radius 3 is 1.11 bits per heavy atom. The van der Waals surface area contributed by atoms with E-state index in [1.54, 1.807) is 53.8 Å². The number of likely N-dealkylation sites (N-methyl/N-ethyl adjacent to an activating group) is 1. The highest BCUT2D eigenvalue weighted by Crippen LogP contribution is 2.36. The Hall–Kier alpha value is -8.02. The van der Waals surface area contributed by atoms with E-state index < -0.39 is 0 Å². The van der Waals surface area contributed by atoms with Gasteiger partial charge < -0.3 is 44.2 Å². The molecule has 23 heteroatoms. The SMILES string of the molecule is CC(=O)N(C)C1CCC(Cc2cc(C(C)(C)C)ncn2)CC1.CC(=O)N1CC(Cc2cc(C(C)(C)C)cnn2)C1.CC(=O)N1CCC(Cc2cc(C(C)(C)C)cc(OCCN(C)C)n2)CC1.CCN(C)C1CCC(Cc2cc(C(C)(C)C)ncn2)CC1.CNC1CCC(Cc2cc(C(C)(C)C)ncn2)CC1.COc1cc(C(C)(C)C)cc(CC2CCN(C(C)=O)CC2)n1. The van der Waals surface area contributed by atoms with E-state index in [0.29, 0.717) is 42.2 Å². The first-order valence-electron chi connectivity index (χ1n) is 48.4. The Bertz CT molecular complexity index is 4350. The van der Waals surface area contributed by atoms with Gasteiger partial charge in [-0.2, -0.15) is 10.2 Å². The summed E-state index contributed by atoms with van der Waals surface area (Å²) < 4.78 is 11.3. The van der Waals surface area contributed by atoms with Crippen molar-refractivity contribution in [1.82, 2.24) is 84.8 Å². The van der Waals surface area contributed by atoms with Crippen LogP contribution in [0.1, 0.15) is 330 Å². The molecular formula is C105H171N17O6. The second kappa shape index (κ2) is 49.5. The molecule has 23 nitrogen and oxygen atoms in total. The fourth-order valence-electron chi connectivity index (χ4n) is 17.7. The molecule has 3 aliphatic heterocycles.